The van der Waals surface area contributed by atoms with Crippen LogP contribution in [0.1, 0.15) is 72.6 Å². The van der Waals surface area contributed by atoms with Gasteiger partial charge in [-0.1, -0.05) is 52.9 Å². The molecule has 0 spiro atoms. The lowest BCUT2D eigenvalue weighted by Crippen LogP contribution is -2.51. The molecule has 0 aromatic rings. The van der Waals surface area contributed by atoms with Gasteiger partial charge in [0.15, 0.2) is 8.32 Å². The summed E-state index contributed by atoms with van der Waals surface area (Å²) in [6.07, 6.45) is 8.53. The summed E-state index contributed by atoms with van der Waals surface area (Å²) in [5, 5.41) is 0. The van der Waals surface area contributed by atoms with E-state index in [1.807, 2.05) is 0 Å². The van der Waals surface area contributed by atoms with Crippen molar-refractivity contribution >= 4 is 16.9 Å². The van der Waals surface area contributed by atoms with E-state index in [2.05, 4.69) is 53.9 Å². The number of hydrogen-bond acceptors (Lipinski definition) is 2. The average Bonchev–Trinajstić information content (AvgIpc) is 2.31. The Hall–Kier alpha value is 0.354. The first-order valence-electron chi connectivity index (χ1n) is 9.00. The van der Waals surface area contributed by atoms with Crippen LogP contribution in [0, 0.1) is 0 Å². The lowest BCUT2D eigenvalue weighted by Gasteiger charge is -2.41. The van der Waals surface area contributed by atoms with Gasteiger partial charge in [-0.05, 0) is 52.0 Å². The summed E-state index contributed by atoms with van der Waals surface area (Å²) < 4.78 is 13.2. The number of hydrogen-bond donors (Lipinski definition) is 0. The Morgan fingerprint density at radius 2 is 1.29 bits per heavy atom. The van der Waals surface area contributed by atoms with Crippen LogP contribution in [0.2, 0.25) is 32.2 Å². The van der Waals surface area contributed by atoms with Gasteiger partial charge < -0.3 is 8.54 Å². The Balaban J connectivity index is 4.78. The minimum atomic E-state index is -2.05. The van der Waals surface area contributed by atoms with Gasteiger partial charge in [0.05, 0.1) is 5.60 Å². The topological polar surface area (TPSA) is 18.5 Å². The number of unbranched alkanes of at least 4 members (excludes halogenated alkanes) is 2. The second-order valence-corrected chi connectivity index (χ2v) is 15.6. The standard InChI is InChI=1S/C17H40O2Si2/c1-9-12-14-17(4,15-13-10-2)18-21(7,8)19-20(5,6)16-11-3/h9-16H2,1-8H3. The predicted molar refractivity (Wildman–Crippen MR) is 99.7 cm³/mol. The average molecular weight is 333 g/mol. The summed E-state index contributed by atoms with van der Waals surface area (Å²) in [5.41, 5.74) is 0.0123. The third-order valence-corrected chi connectivity index (χ3v) is 10.8. The van der Waals surface area contributed by atoms with E-state index in [9.17, 15) is 0 Å². The highest BCUT2D eigenvalue weighted by molar-refractivity contribution is 6.82. The Morgan fingerprint density at radius 3 is 1.67 bits per heavy atom. The maximum Gasteiger partial charge on any atom is 0.321 e. The van der Waals surface area contributed by atoms with Gasteiger partial charge in [-0.3, -0.25) is 0 Å². The van der Waals surface area contributed by atoms with Crippen molar-refractivity contribution in [3.63, 3.8) is 0 Å². The Morgan fingerprint density at radius 1 is 0.810 bits per heavy atom. The highest BCUT2D eigenvalue weighted by Gasteiger charge is 2.39. The van der Waals surface area contributed by atoms with E-state index in [-0.39, 0.29) is 5.60 Å². The normalized spacial score (nSPS) is 13.7. The monoisotopic (exact) mass is 332 g/mol. The molecule has 0 aliphatic heterocycles. The molecule has 0 saturated carbocycles. The molecule has 0 radical (unpaired) electrons. The van der Waals surface area contributed by atoms with Gasteiger partial charge in [0, 0.05) is 0 Å². The smallest absolute Gasteiger partial charge is 0.321 e. The molecule has 128 valence electrons. The van der Waals surface area contributed by atoms with E-state index >= 15 is 0 Å². The van der Waals surface area contributed by atoms with Crippen LogP contribution < -0.4 is 0 Å². The molecule has 0 aliphatic rings. The van der Waals surface area contributed by atoms with E-state index in [1.165, 1.54) is 51.0 Å². The molecule has 0 amide bonds. The Bertz CT molecular complexity index is 270. The maximum atomic E-state index is 6.66. The molecule has 4 heteroatoms. The summed E-state index contributed by atoms with van der Waals surface area (Å²) >= 11 is 0. The molecule has 0 aromatic carbocycles. The van der Waals surface area contributed by atoms with E-state index in [4.69, 9.17) is 8.54 Å². The molecular formula is C17H40O2Si2. The van der Waals surface area contributed by atoms with E-state index in [1.54, 1.807) is 0 Å². The molecule has 0 bridgehead atoms. The van der Waals surface area contributed by atoms with Crippen LogP contribution in [0.25, 0.3) is 0 Å². The summed E-state index contributed by atoms with van der Waals surface area (Å²) in [6.45, 7) is 18.2. The first-order valence-corrected chi connectivity index (χ1v) is 14.9. The van der Waals surface area contributed by atoms with Crippen LogP contribution in [-0.2, 0) is 8.54 Å². The zero-order valence-corrected chi connectivity index (χ0v) is 18.0. The van der Waals surface area contributed by atoms with Gasteiger partial charge in [-0.15, -0.1) is 0 Å². The number of rotatable bonds is 12. The third kappa shape index (κ3) is 9.87. The molecule has 2 nitrogen and oxygen atoms in total. The quantitative estimate of drug-likeness (QED) is 0.381. The fourth-order valence-electron chi connectivity index (χ4n) is 3.26. The Labute approximate surface area is 136 Å². The lowest BCUT2D eigenvalue weighted by molar-refractivity contribution is 0.0359. The fraction of sp³-hybridized carbons (Fsp3) is 1.00. The summed E-state index contributed by atoms with van der Waals surface area (Å²) in [5.74, 6) is 0. The molecular weight excluding hydrogens is 292 g/mol. The first kappa shape index (κ1) is 21.4. The van der Waals surface area contributed by atoms with E-state index in [0.717, 1.165) is 0 Å². The van der Waals surface area contributed by atoms with Crippen LogP contribution in [-0.4, -0.2) is 22.5 Å². The van der Waals surface area contributed by atoms with Crippen molar-refractivity contribution in [2.45, 2.75) is 110 Å². The van der Waals surface area contributed by atoms with Crippen LogP contribution in [0.15, 0.2) is 0 Å². The van der Waals surface area contributed by atoms with E-state index in [0.29, 0.717) is 0 Å². The highest BCUT2D eigenvalue weighted by Crippen LogP contribution is 2.31. The molecule has 0 N–H and O–H groups in total. The third-order valence-electron chi connectivity index (χ3n) is 3.98. The molecule has 0 aliphatic carbocycles. The first-order chi connectivity index (χ1) is 9.60. The summed E-state index contributed by atoms with van der Waals surface area (Å²) in [4.78, 5) is 0. The second kappa shape index (κ2) is 9.48. The van der Waals surface area contributed by atoms with Gasteiger partial charge in [0.25, 0.3) is 0 Å². The SMILES string of the molecule is CCCCC(C)(CCCC)O[Si](C)(C)O[Si](C)(C)CCC. The molecule has 0 heterocycles. The molecule has 0 atom stereocenters. The minimum Gasteiger partial charge on any atom is -0.436 e. The van der Waals surface area contributed by atoms with E-state index < -0.39 is 16.9 Å². The lowest BCUT2D eigenvalue weighted by atomic mass is 9.93. The van der Waals surface area contributed by atoms with Crippen molar-refractivity contribution in [2.75, 3.05) is 0 Å². The predicted octanol–water partition coefficient (Wildman–Crippen LogP) is 6.48. The van der Waals surface area contributed by atoms with Gasteiger partial charge in [-0.2, -0.15) is 0 Å². The molecule has 0 saturated heterocycles. The maximum absolute atomic E-state index is 6.66. The minimum absolute atomic E-state index is 0.0123. The molecule has 0 fully saturated rings. The van der Waals surface area contributed by atoms with Crippen LogP contribution in [0.5, 0.6) is 0 Å². The van der Waals surface area contributed by atoms with Gasteiger partial charge in [0.2, 0.25) is 0 Å². The van der Waals surface area contributed by atoms with Crippen molar-refractivity contribution < 1.29 is 8.54 Å². The van der Waals surface area contributed by atoms with Gasteiger partial charge in [0.1, 0.15) is 0 Å². The van der Waals surface area contributed by atoms with Crippen molar-refractivity contribution in [2.24, 2.45) is 0 Å². The molecule has 0 unspecified atom stereocenters. The van der Waals surface area contributed by atoms with Crippen LogP contribution in [0.3, 0.4) is 0 Å². The zero-order valence-electron chi connectivity index (χ0n) is 16.0. The fourth-order valence-corrected chi connectivity index (χ4v) is 11.8. The zero-order chi connectivity index (χ0) is 16.6. The van der Waals surface area contributed by atoms with Crippen LogP contribution >= 0.6 is 0 Å². The van der Waals surface area contributed by atoms with Gasteiger partial charge >= 0.3 is 8.56 Å². The second-order valence-electron chi connectivity index (χ2n) is 7.77. The highest BCUT2D eigenvalue weighted by atomic mass is 28.4. The molecule has 0 aromatic heterocycles. The molecule has 21 heavy (non-hydrogen) atoms. The van der Waals surface area contributed by atoms with Gasteiger partial charge in [-0.25, -0.2) is 0 Å². The summed E-state index contributed by atoms with van der Waals surface area (Å²) in [7, 11) is -3.61. The molecule has 0 rings (SSSR count). The van der Waals surface area contributed by atoms with Crippen molar-refractivity contribution in [1.82, 2.24) is 0 Å². The van der Waals surface area contributed by atoms with Crippen molar-refractivity contribution in [3.05, 3.63) is 0 Å². The van der Waals surface area contributed by atoms with Crippen molar-refractivity contribution in [3.8, 4) is 0 Å². The van der Waals surface area contributed by atoms with Crippen LogP contribution in [0.4, 0.5) is 0 Å². The van der Waals surface area contributed by atoms with Crippen molar-refractivity contribution in [1.29, 1.82) is 0 Å². The largest absolute Gasteiger partial charge is 0.436 e. The summed E-state index contributed by atoms with van der Waals surface area (Å²) in [6, 6.07) is 1.23. The Kier molecular flexibility index (Phi) is 9.64.